The normalized spacial score (nSPS) is 18.0. The Labute approximate surface area is 159 Å². The third kappa shape index (κ3) is 3.94. The van der Waals surface area contributed by atoms with Crippen LogP contribution >= 0.6 is 0 Å². The summed E-state index contributed by atoms with van der Waals surface area (Å²) in [5.74, 6) is -1.05. The van der Waals surface area contributed by atoms with Gasteiger partial charge in [0.2, 0.25) is 0 Å². The Morgan fingerprint density at radius 1 is 1.11 bits per heavy atom. The molecule has 27 heavy (non-hydrogen) atoms. The average molecular weight is 391 g/mol. The zero-order valence-electron chi connectivity index (χ0n) is 15.2. The molecule has 0 radical (unpaired) electrons. The second-order valence-corrected chi connectivity index (χ2v) is 9.52. The van der Waals surface area contributed by atoms with Gasteiger partial charge in [-0.1, -0.05) is 62.4 Å². The van der Waals surface area contributed by atoms with Crippen LogP contribution < -0.4 is 5.48 Å². The van der Waals surface area contributed by atoms with Gasteiger partial charge in [0.25, 0.3) is 5.91 Å². The Balaban J connectivity index is 2.08. The zero-order valence-corrected chi connectivity index (χ0v) is 16.0. The maximum absolute atomic E-state index is 13.6. The molecule has 1 aromatic heterocycles. The molecule has 0 bridgehead atoms. The van der Waals surface area contributed by atoms with E-state index in [1.165, 1.54) is 0 Å². The van der Waals surface area contributed by atoms with Gasteiger partial charge in [0.1, 0.15) is 0 Å². The van der Waals surface area contributed by atoms with Crippen LogP contribution in [0.4, 0.5) is 0 Å². The van der Waals surface area contributed by atoms with E-state index in [2.05, 4.69) is 4.98 Å². The number of carbonyl (C=O) groups is 1. The fourth-order valence-electron chi connectivity index (χ4n) is 4.15. The standard InChI is InChI=1S/C20H26N2O4S/c23-19(22-24)20(18-12-7-13-21-18,14-16-8-3-1-4-9-16)27(25,26)15-17-10-5-2-6-11-17/h2,5-7,10-13,16,21,24H,1,3-4,8-9,14-15H2,(H,22,23). The van der Waals surface area contributed by atoms with Gasteiger partial charge in [0.05, 0.1) is 5.75 Å². The number of aromatic nitrogens is 1. The van der Waals surface area contributed by atoms with Crippen molar-refractivity contribution in [2.45, 2.75) is 49.0 Å². The van der Waals surface area contributed by atoms with Crippen molar-refractivity contribution in [2.75, 3.05) is 0 Å². The van der Waals surface area contributed by atoms with Crippen molar-refractivity contribution in [2.24, 2.45) is 5.92 Å². The van der Waals surface area contributed by atoms with Gasteiger partial charge < -0.3 is 4.98 Å². The highest BCUT2D eigenvalue weighted by Crippen LogP contribution is 2.42. The van der Waals surface area contributed by atoms with Gasteiger partial charge >= 0.3 is 0 Å². The van der Waals surface area contributed by atoms with Crippen molar-refractivity contribution in [1.29, 1.82) is 0 Å². The summed E-state index contributed by atoms with van der Waals surface area (Å²) in [6, 6.07) is 12.1. The van der Waals surface area contributed by atoms with Crippen LogP contribution in [0.1, 0.15) is 49.8 Å². The summed E-state index contributed by atoms with van der Waals surface area (Å²) in [5.41, 5.74) is 2.55. The van der Waals surface area contributed by atoms with E-state index < -0.39 is 20.5 Å². The van der Waals surface area contributed by atoms with Gasteiger partial charge in [0, 0.05) is 11.9 Å². The average Bonchev–Trinajstić information content (AvgIpc) is 3.21. The van der Waals surface area contributed by atoms with E-state index in [1.807, 2.05) is 6.07 Å². The first-order valence-electron chi connectivity index (χ1n) is 9.34. The van der Waals surface area contributed by atoms with Gasteiger partial charge in [-0.15, -0.1) is 0 Å². The number of hydrogen-bond donors (Lipinski definition) is 3. The number of carbonyl (C=O) groups excluding carboxylic acids is 1. The van der Waals surface area contributed by atoms with Crippen molar-refractivity contribution < 1.29 is 18.4 Å². The van der Waals surface area contributed by atoms with Crippen molar-refractivity contribution in [3.63, 3.8) is 0 Å². The molecule has 1 aromatic carbocycles. The molecule has 0 aliphatic heterocycles. The van der Waals surface area contributed by atoms with Gasteiger partial charge in [0.15, 0.2) is 14.6 Å². The Kier molecular flexibility index (Phi) is 6.01. The van der Waals surface area contributed by atoms with Crippen molar-refractivity contribution >= 4 is 15.7 Å². The van der Waals surface area contributed by atoms with Crippen LogP contribution in [0.25, 0.3) is 0 Å². The van der Waals surface area contributed by atoms with Crippen LogP contribution in [0.5, 0.6) is 0 Å². The number of sulfone groups is 1. The van der Waals surface area contributed by atoms with E-state index in [0.29, 0.717) is 11.3 Å². The van der Waals surface area contributed by atoms with Gasteiger partial charge in [-0.3, -0.25) is 10.0 Å². The molecule has 0 spiro atoms. The SMILES string of the molecule is O=C(NO)C(CC1CCCCC1)(c1ccc[nH]1)S(=O)(=O)Cc1ccccc1. The van der Waals surface area contributed by atoms with Gasteiger partial charge in [-0.25, -0.2) is 13.9 Å². The number of benzene rings is 1. The number of nitrogens with one attached hydrogen (secondary N) is 2. The van der Waals surface area contributed by atoms with Crippen molar-refractivity contribution in [3.05, 3.63) is 59.9 Å². The summed E-state index contributed by atoms with van der Waals surface area (Å²) in [4.78, 5) is 15.8. The van der Waals surface area contributed by atoms with Crippen LogP contribution in [0.2, 0.25) is 0 Å². The minimum atomic E-state index is -3.97. The van der Waals surface area contributed by atoms with E-state index in [1.54, 1.807) is 48.1 Å². The van der Waals surface area contributed by atoms with Gasteiger partial charge in [-0.2, -0.15) is 0 Å². The van der Waals surface area contributed by atoms with Crippen LogP contribution in [0, 0.1) is 5.92 Å². The Morgan fingerprint density at radius 2 is 1.81 bits per heavy atom. The minimum absolute atomic E-state index is 0.116. The van der Waals surface area contributed by atoms with Crippen LogP contribution in [0.15, 0.2) is 48.7 Å². The summed E-state index contributed by atoms with van der Waals surface area (Å²) in [7, 11) is -3.97. The molecular formula is C20H26N2O4S. The number of H-pyrrole nitrogens is 1. The molecule has 3 N–H and O–H groups in total. The topological polar surface area (TPSA) is 99.3 Å². The molecule has 7 heteroatoms. The molecule has 1 atom stereocenters. The molecule has 1 saturated carbocycles. The lowest BCUT2D eigenvalue weighted by Gasteiger charge is -2.35. The quantitative estimate of drug-likeness (QED) is 0.499. The Bertz CT molecular complexity index is 843. The summed E-state index contributed by atoms with van der Waals surface area (Å²) in [6.45, 7) is 0. The number of aromatic amines is 1. The molecule has 3 rings (SSSR count). The van der Waals surface area contributed by atoms with E-state index in [9.17, 15) is 18.4 Å². The molecule has 6 nitrogen and oxygen atoms in total. The van der Waals surface area contributed by atoms with Crippen molar-refractivity contribution in [1.82, 2.24) is 10.5 Å². The molecule has 1 aliphatic rings. The number of hydroxylamine groups is 1. The first kappa shape index (κ1) is 19.6. The van der Waals surface area contributed by atoms with Crippen LogP contribution in [-0.4, -0.2) is 24.5 Å². The van der Waals surface area contributed by atoms with Crippen LogP contribution in [0.3, 0.4) is 0 Å². The summed E-state index contributed by atoms with van der Waals surface area (Å²) in [6.07, 6.45) is 6.75. The fourth-order valence-corrected chi connectivity index (χ4v) is 6.30. The van der Waals surface area contributed by atoms with E-state index in [0.717, 1.165) is 32.1 Å². The van der Waals surface area contributed by atoms with E-state index >= 15 is 0 Å². The summed E-state index contributed by atoms with van der Waals surface area (Å²) in [5, 5.41) is 9.45. The molecule has 146 valence electrons. The van der Waals surface area contributed by atoms with E-state index in [4.69, 9.17) is 0 Å². The highest BCUT2D eigenvalue weighted by Gasteiger charge is 2.53. The third-order valence-electron chi connectivity index (χ3n) is 5.53. The molecule has 0 saturated heterocycles. The largest absolute Gasteiger partial charge is 0.363 e. The fraction of sp³-hybridized carbons (Fsp3) is 0.450. The first-order chi connectivity index (χ1) is 13.0. The smallest absolute Gasteiger partial charge is 0.270 e. The number of amides is 1. The van der Waals surface area contributed by atoms with Crippen LogP contribution in [-0.2, 0) is 25.1 Å². The summed E-state index contributed by atoms with van der Waals surface area (Å²) < 4.78 is 25.4. The Morgan fingerprint density at radius 3 is 2.41 bits per heavy atom. The summed E-state index contributed by atoms with van der Waals surface area (Å²) >= 11 is 0. The van der Waals surface area contributed by atoms with Crippen molar-refractivity contribution in [3.8, 4) is 0 Å². The molecule has 1 aliphatic carbocycles. The molecule has 1 amide bonds. The molecule has 1 unspecified atom stereocenters. The lowest BCUT2D eigenvalue weighted by molar-refractivity contribution is -0.133. The Hall–Kier alpha value is -2.12. The predicted molar refractivity (Wildman–Crippen MR) is 103 cm³/mol. The first-order valence-corrected chi connectivity index (χ1v) is 11.0. The maximum atomic E-state index is 13.6. The maximum Gasteiger partial charge on any atom is 0.270 e. The number of hydrogen-bond acceptors (Lipinski definition) is 4. The zero-order chi connectivity index (χ0) is 19.3. The number of rotatable bonds is 7. The highest BCUT2D eigenvalue weighted by atomic mass is 32.2. The lowest BCUT2D eigenvalue weighted by atomic mass is 9.81. The van der Waals surface area contributed by atoms with E-state index in [-0.39, 0.29) is 18.1 Å². The minimum Gasteiger partial charge on any atom is -0.363 e. The predicted octanol–water partition coefficient (Wildman–Crippen LogP) is 3.30. The highest BCUT2D eigenvalue weighted by molar-refractivity contribution is 7.92. The molecule has 2 aromatic rings. The molecule has 1 fully saturated rings. The monoisotopic (exact) mass is 390 g/mol. The molecule has 1 heterocycles. The second kappa shape index (κ2) is 8.27. The lowest BCUT2D eigenvalue weighted by Crippen LogP contribution is -2.51. The van der Waals surface area contributed by atoms with Gasteiger partial charge in [-0.05, 0) is 30.0 Å². The third-order valence-corrected chi connectivity index (χ3v) is 7.88. The molecular weight excluding hydrogens is 364 g/mol. The second-order valence-electron chi connectivity index (χ2n) is 7.30.